The zero-order chi connectivity index (χ0) is 13.4. The maximum Gasteiger partial charge on any atom is 0.260 e. The first-order chi connectivity index (χ1) is 8.63. The van der Waals surface area contributed by atoms with Crippen molar-refractivity contribution in [3.05, 3.63) is 35.9 Å². The van der Waals surface area contributed by atoms with Gasteiger partial charge in [-0.2, -0.15) is 0 Å². The molecule has 0 bridgehead atoms. The summed E-state index contributed by atoms with van der Waals surface area (Å²) in [6.45, 7) is 0.446. The summed E-state index contributed by atoms with van der Waals surface area (Å²) in [7, 11) is 0. The fourth-order valence-electron chi connectivity index (χ4n) is 1.39. The lowest BCUT2D eigenvalue weighted by molar-refractivity contribution is -0.130. The average molecular weight is 251 g/mol. The molecule has 5 N–H and O–H groups in total. The number of hydrogen-bond acceptors (Lipinski definition) is 4. The highest BCUT2D eigenvalue weighted by atomic mass is 16.5. The Morgan fingerprint density at radius 2 is 1.94 bits per heavy atom. The molecule has 0 aliphatic carbocycles. The first kappa shape index (κ1) is 14.1. The minimum Gasteiger partial charge on any atom is -0.352 e. The molecule has 1 aromatic rings. The summed E-state index contributed by atoms with van der Waals surface area (Å²) in [6.07, 6.45) is 0.328. The number of carbonyl (C=O) groups is 2. The molecule has 6 heteroatoms. The van der Waals surface area contributed by atoms with Crippen molar-refractivity contribution in [1.29, 1.82) is 0 Å². The zero-order valence-electron chi connectivity index (χ0n) is 9.93. The number of nitrogens with one attached hydrogen (secondary N) is 2. The van der Waals surface area contributed by atoms with Crippen molar-refractivity contribution >= 4 is 11.8 Å². The molecule has 0 unspecified atom stereocenters. The monoisotopic (exact) mass is 251 g/mol. The molecular formula is C12H17N3O3. The lowest BCUT2D eigenvalue weighted by Crippen LogP contribution is -2.39. The van der Waals surface area contributed by atoms with E-state index in [1.54, 1.807) is 0 Å². The second-order valence-electron chi connectivity index (χ2n) is 3.88. The van der Waals surface area contributed by atoms with Gasteiger partial charge in [-0.05, 0) is 12.0 Å². The molecule has 1 rings (SSSR count). The molecule has 0 saturated carbocycles. The Morgan fingerprint density at radius 3 is 2.56 bits per heavy atom. The lowest BCUT2D eigenvalue weighted by Gasteiger charge is -2.09. The Bertz CT molecular complexity index is 395. The van der Waals surface area contributed by atoms with E-state index < -0.39 is 11.9 Å². The van der Waals surface area contributed by atoms with Crippen LogP contribution in [-0.4, -0.2) is 23.1 Å². The summed E-state index contributed by atoms with van der Waals surface area (Å²) >= 11 is 0. The van der Waals surface area contributed by atoms with Crippen LogP contribution >= 0.6 is 0 Å². The van der Waals surface area contributed by atoms with Crippen LogP contribution in [0.15, 0.2) is 30.3 Å². The lowest BCUT2D eigenvalue weighted by atomic mass is 10.1. The predicted octanol–water partition coefficient (Wildman–Crippen LogP) is -0.0843. The van der Waals surface area contributed by atoms with Gasteiger partial charge < -0.3 is 11.1 Å². The van der Waals surface area contributed by atoms with Gasteiger partial charge in [-0.3, -0.25) is 14.8 Å². The maximum atomic E-state index is 11.5. The van der Waals surface area contributed by atoms with Gasteiger partial charge in [0, 0.05) is 13.0 Å². The van der Waals surface area contributed by atoms with Crippen LogP contribution < -0.4 is 16.5 Å². The number of benzene rings is 1. The van der Waals surface area contributed by atoms with Crippen molar-refractivity contribution < 1.29 is 14.8 Å². The average Bonchev–Trinajstić information content (AvgIpc) is 2.42. The number of nitrogens with two attached hydrogens (primary N) is 1. The Morgan fingerprint density at radius 1 is 1.28 bits per heavy atom. The van der Waals surface area contributed by atoms with E-state index in [2.05, 4.69) is 5.32 Å². The molecule has 1 aromatic carbocycles. The molecule has 2 amide bonds. The fraction of sp³-hybridized carbons (Fsp3) is 0.333. The summed E-state index contributed by atoms with van der Waals surface area (Å²) in [6, 6.07) is 8.62. The second-order valence-corrected chi connectivity index (χ2v) is 3.88. The van der Waals surface area contributed by atoms with Gasteiger partial charge in [0.15, 0.2) is 0 Å². The standard InChI is InChI=1S/C12H17N3O3/c13-10(12(17)15-18)6-7-11(16)14-8-9-4-2-1-3-5-9/h1-5,10,18H,6-8,13H2,(H,14,16)(H,15,17)/t10-/m0/s1. The second kappa shape index (κ2) is 7.41. The molecule has 0 aliphatic heterocycles. The molecular weight excluding hydrogens is 234 g/mol. The van der Waals surface area contributed by atoms with E-state index in [0.717, 1.165) is 5.56 Å². The SMILES string of the molecule is N[C@@H](CCC(=O)NCc1ccccc1)C(=O)NO. The highest BCUT2D eigenvalue weighted by Gasteiger charge is 2.13. The summed E-state index contributed by atoms with van der Waals surface area (Å²) in [4.78, 5) is 22.4. The molecule has 0 saturated heterocycles. The molecule has 6 nitrogen and oxygen atoms in total. The van der Waals surface area contributed by atoms with Gasteiger partial charge in [0.25, 0.3) is 5.91 Å². The Balaban J connectivity index is 2.24. The third-order valence-corrected chi connectivity index (χ3v) is 2.46. The van der Waals surface area contributed by atoms with Crippen LogP contribution in [0.2, 0.25) is 0 Å². The number of hydroxylamine groups is 1. The van der Waals surface area contributed by atoms with Crippen LogP contribution in [0.4, 0.5) is 0 Å². The van der Waals surface area contributed by atoms with E-state index in [9.17, 15) is 9.59 Å². The van der Waals surface area contributed by atoms with Crippen LogP contribution in [0.3, 0.4) is 0 Å². The largest absolute Gasteiger partial charge is 0.352 e. The van der Waals surface area contributed by atoms with Gasteiger partial charge in [0.05, 0.1) is 6.04 Å². The van der Waals surface area contributed by atoms with Crippen LogP contribution in [0.1, 0.15) is 18.4 Å². The quantitative estimate of drug-likeness (QED) is 0.419. The van der Waals surface area contributed by atoms with Crippen molar-refractivity contribution in [3.63, 3.8) is 0 Å². The van der Waals surface area contributed by atoms with Crippen molar-refractivity contribution in [2.45, 2.75) is 25.4 Å². The third kappa shape index (κ3) is 4.94. The van der Waals surface area contributed by atoms with E-state index in [1.165, 1.54) is 5.48 Å². The normalized spacial score (nSPS) is 11.7. The number of carbonyl (C=O) groups excluding carboxylic acids is 2. The molecule has 0 aliphatic rings. The molecule has 1 atom stereocenters. The van der Waals surface area contributed by atoms with Gasteiger partial charge in [0.2, 0.25) is 5.91 Å². The summed E-state index contributed by atoms with van der Waals surface area (Å²) in [5.74, 6) is -0.870. The Labute approximate surface area is 105 Å². The van der Waals surface area contributed by atoms with E-state index >= 15 is 0 Å². The van der Waals surface area contributed by atoms with E-state index in [4.69, 9.17) is 10.9 Å². The highest BCUT2D eigenvalue weighted by molar-refractivity contribution is 5.82. The summed E-state index contributed by atoms with van der Waals surface area (Å²) < 4.78 is 0. The number of rotatable bonds is 6. The molecule has 0 heterocycles. The van der Waals surface area contributed by atoms with Crippen LogP contribution in [0.5, 0.6) is 0 Å². The van der Waals surface area contributed by atoms with Gasteiger partial charge in [-0.15, -0.1) is 0 Å². The van der Waals surface area contributed by atoms with Gasteiger partial charge >= 0.3 is 0 Å². The summed E-state index contributed by atoms with van der Waals surface area (Å²) in [5, 5.41) is 11.1. The van der Waals surface area contributed by atoms with Crippen molar-refractivity contribution in [2.24, 2.45) is 5.73 Å². The van der Waals surface area contributed by atoms with Gasteiger partial charge in [0.1, 0.15) is 0 Å². The minimum atomic E-state index is -0.877. The molecule has 18 heavy (non-hydrogen) atoms. The van der Waals surface area contributed by atoms with E-state index in [1.807, 2.05) is 30.3 Å². The smallest absolute Gasteiger partial charge is 0.260 e. The Hall–Kier alpha value is -1.92. The summed E-state index contributed by atoms with van der Waals surface area (Å²) in [5.41, 5.74) is 7.88. The molecule has 0 fully saturated rings. The molecule has 98 valence electrons. The van der Waals surface area contributed by atoms with Crippen molar-refractivity contribution in [3.8, 4) is 0 Å². The van der Waals surface area contributed by atoms with Crippen molar-refractivity contribution in [2.75, 3.05) is 0 Å². The number of amides is 2. The maximum absolute atomic E-state index is 11.5. The van der Waals surface area contributed by atoms with E-state index in [0.29, 0.717) is 6.54 Å². The third-order valence-electron chi connectivity index (χ3n) is 2.46. The first-order valence-corrected chi connectivity index (χ1v) is 5.63. The van der Waals surface area contributed by atoms with Crippen LogP contribution in [0.25, 0.3) is 0 Å². The molecule has 0 aromatic heterocycles. The van der Waals surface area contributed by atoms with Crippen LogP contribution in [-0.2, 0) is 16.1 Å². The highest BCUT2D eigenvalue weighted by Crippen LogP contribution is 1.99. The number of hydrogen-bond donors (Lipinski definition) is 4. The van der Waals surface area contributed by atoms with Crippen molar-refractivity contribution in [1.82, 2.24) is 10.8 Å². The zero-order valence-corrected chi connectivity index (χ0v) is 9.93. The minimum absolute atomic E-state index is 0.140. The van der Waals surface area contributed by atoms with Gasteiger partial charge in [-0.25, -0.2) is 5.48 Å². The first-order valence-electron chi connectivity index (χ1n) is 5.63. The molecule has 0 spiro atoms. The van der Waals surface area contributed by atoms with Gasteiger partial charge in [-0.1, -0.05) is 30.3 Å². The fourth-order valence-corrected chi connectivity index (χ4v) is 1.39. The predicted molar refractivity (Wildman–Crippen MR) is 65.4 cm³/mol. The van der Waals surface area contributed by atoms with E-state index in [-0.39, 0.29) is 18.7 Å². The van der Waals surface area contributed by atoms with Crippen LogP contribution in [0, 0.1) is 0 Å². The topological polar surface area (TPSA) is 104 Å². The Kier molecular flexibility index (Phi) is 5.83. The molecule has 0 radical (unpaired) electrons.